The molecule has 28 heavy (non-hydrogen) atoms. The van der Waals surface area contributed by atoms with Gasteiger partial charge >= 0.3 is 0 Å². The molecular weight excluding hydrogens is 352 g/mol. The van der Waals surface area contributed by atoms with Gasteiger partial charge in [-0.3, -0.25) is 4.79 Å². The number of phenolic OH excluding ortho intramolecular Hbond substituents is 1. The molecule has 0 unspecified atom stereocenters. The third-order valence-corrected chi connectivity index (χ3v) is 4.47. The molecular formula is C22H20N4O2. The molecule has 2 heterocycles. The molecule has 0 spiro atoms. The van der Waals surface area contributed by atoms with Gasteiger partial charge in [0, 0.05) is 23.4 Å². The quantitative estimate of drug-likeness (QED) is 0.547. The van der Waals surface area contributed by atoms with Crippen LogP contribution in [0, 0.1) is 0 Å². The van der Waals surface area contributed by atoms with Crippen LogP contribution in [0.15, 0.2) is 66.9 Å². The molecule has 0 atom stereocenters. The summed E-state index contributed by atoms with van der Waals surface area (Å²) < 4.78 is 1.81. The Morgan fingerprint density at radius 3 is 2.57 bits per heavy atom. The second kappa shape index (κ2) is 7.15. The van der Waals surface area contributed by atoms with Crippen molar-refractivity contribution < 1.29 is 9.90 Å². The van der Waals surface area contributed by atoms with Crippen molar-refractivity contribution in [1.82, 2.24) is 14.8 Å². The summed E-state index contributed by atoms with van der Waals surface area (Å²) in [5.74, 6) is -0.186. The number of anilines is 1. The molecule has 0 saturated carbocycles. The minimum atomic E-state index is -0.279. The molecule has 2 aromatic heterocycles. The van der Waals surface area contributed by atoms with Crippen LogP contribution in [0.25, 0.3) is 22.3 Å². The number of rotatable bonds is 4. The van der Waals surface area contributed by atoms with Crippen LogP contribution in [-0.4, -0.2) is 25.8 Å². The van der Waals surface area contributed by atoms with Crippen molar-refractivity contribution in [3.8, 4) is 17.0 Å². The molecule has 0 bridgehead atoms. The van der Waals surface area contributed by atoms with E-state index in [0.717, 1.165) is 5.56 Å². The van der Waals surface area contributed by atoms with E-state index >= 15 is 0 Å². The Kier molecular flexibility index (Phi) is 4.53. The molecule has 6 heteroatoms. The van der Waals surface area contributed by atoms with Gasteiger partial charge in [0.15, 0.2) is 5.65 Å². The second-order valence-corrected chi connectivity index (χ2v) is 6.85. The molecule has 140 valence electrons. The third kappa shape index (κ3) is 3.32. The zero-order valence-corrected chi connectivity index (χ0v) is 15.6. The lowest BCUT2D eigenvalue weighted by atomic mass is 10.1. The van der Waals surface area contributed by atoms with E-state index in [1.54, 1.807) is 30.5 Å². The van der Waals surface area contributed by atoms with E-state index in [0.29, 0.717) is 28.0 Å². The van der Waals surface area contributed by atoms with Gasteiger partial charge in [0.2, 0.25) is 0 Å². The number of hydrogen-bond donors (Lipinski definition) is 2. The Hall–Kier alpha value is -3.67. The minimum Gasteiger partial charge on any atom is -0.508 e. The van der Waals surface area contributed by atoms with Crippen LogP contribution in [0.2, 0.25) is 0 Å². The Morgan fingerprint density at radius 2 is 1.86 bits per heavy atom. The van der Waals surface area contributed by atoms with E-state index < -0.39 is 0 Å². The number of fused-ring (bicyclic) bond motifs is 1. The first-order valence-electron chi connectivity index (χ1n) is 9.07. The number of nitrogens with zero attached hydrogens (tertiary/aromatic N) is 3. The molecule has 1 amide bonds. The highest BCUT2D eigenvalue weighted by Gasteiger charge is 2.18. The van der Waals surface area contributed by atoms with Crippen molar-refractivity contribution in [3.63, 3.8) is 0 Å². The van der Waals surface area contributed by atoms with Gasteiger partial charge in [-0.25, -0.2) is 9.67 Å². The average molecular weight is 372 g/mol. The molecule has 2 N–H and O–H groups in total. The average Bonchev–Trinajstić information content (AvgIpc) is 3.12. The van der Waals surface area contributed by atoms with E-state index in [-0.39, 0.29) is 17.7 Å². The summed E-state index contributed by atoms with van der Waals surface area (Å²) in [5.41, 5.74) is 3.30. The van der Waals surface area contributed by atoms with Gasteiger partial charge in [-0.1, -0.05) is 36.4 Å². The van der Waals surface area contributed by atoms with E-state index in [2.05, 4.69) is 10.4 Å². The number of aromatic nitrogens is 3. The highest BCUT2D eigenvalue weighted by molar-refractivity contribution is 6.12. The summed E-state index contributed by atoms with van der Waals surface area (Å²) >= 11 is 0. The first-order valence-corrected chi connectivity index (χ1v) is 9.07. The van der Waals surface area contributed by atoms with Gasteiger partial charge in [0.1, 0.15) is 5.75 Å². The number of pyridine rings is 1. The fourth-order valence-corrected chi connectivity index (χ4v) is 3.12. The molecule has 0 aliphatic heterocycles. The lowest BCUT2D eigenvalue weighted by molar-refractivity contribution is 0.102. The number of benzene rings is 2. The SMILES string of the molecule is CC(C)n1ncc2c(C(=O)Nc3cccc(O)c3)cc(-c3ccccc3)nc21. The highest BCUT2D eigenvalue weighted by Crippen LogP contribution is 2.27. The molecule has 4 rings (SSSR count). The van der Waals surface area contributed by atoms with Crippen LogP contribution >= 0.6 is 0 Å². The molecule has 0 aliphatic rings. The fourth-order valence-electron chi connectivity index (χ4n) is 3.12. The molecule has 0 aliphatic carbocycles. The number of carbonyl (C=O) groups excluding carboxylic acids is 1. The van der Waals surface area contributed by atoms with Crippen LogP contribution in [0.4, 0.5) is 5.69 Å². The Morgan fingerprint density at radius 1 is 1.07 bits per heavy atom. The molecule has 6 nitrogen and oxygen atoms in total. The molecule has 2 aromatic carbocycles. The van der Waals surface area contributed by atoms with Gasteiger partial charge in [0.05, 0.1) is 22.8 Å². The largest absolute Gasteiger partial charge is 0.508 e. The van der Waals surface area contributed by atoms with Crippen LogP contribution in [0.3, 0.4) is 0 Å². The third-order valence-electron chi connectivity index (χ3n) is 4.47. The second-order valence-electron chi connectivity index (χ2n) is 6.85. The predicted octanol–water partition coefficient (Wildman–Crippen LogP) is 4.64. The number of nitrogens with one attached hydrogen (secondary N) is 1. The summed E-state index contributed by atoms with van der Waals surface area (Å²) in [7, 11) is 0. The summed E-state index contributed by atoms with van der Waals surface area (Å²) in [6.07, 6.45) is 1.68. The van der Waals surface area contributed by atoms with Crippen molar-refractivity contribution in [2.75, 3.05) is 5.32 Å². The highest BCUT2D eigenvalue weighted by atomic mass is 16.3. The number of hydrogen-bond acceptors (Lipinski definition) is 4. The maximum atomic E-state index is 13.0. The number of aromatic hydroxyl groups is 1. The van der Waals surface area contributed by atoms with E-state index in [9.17, 15) is 9.90 Å². The summed E-state index contributed by atoms with van der Waals surface area (Å²) in [6, 6.07) is 18.1. The van der Waals surface area contributed by atoms with Gasteiger partial charge in [-0.2, -0.15) is 5.10 Å². The topological polar surface area (TPSA) is 80.0 Å². The van der Waals surface area contributed by atoms with Gasteiger partial charge < -0.3 is 10.4 Å². The van der Waals surface area contributed by atoms with Crippen LogP contribution in [-0.2, 0) is 0 Å². The number of carbonyl (C=O) groups is 1. The van der Waals surface area contributed by atoms with E-state index in [1.807, 2.05) is 48.9 Å². The van der Waals surface area contributed by atoms with Crippen molar-refractivity contribution in [2.45, 2.75) is 19.9 Å². The molecule has 0 saturated heterocycles. The van der Waals surface area contributed by atoms with Crippen LogP contribution in [0.5, 0.6) is 5.75 Å². The monoisotopic (exact) mass is 372 g/mol. The normalized spacial score (nSPS) is 11.1. The zero-order valence-electron chi connectivity index (χ0n) is 15.6. The van der Waals surface area contributed by atoms with Crippen molar-refractivity contribution in [1.29, 1.82) is 0 Å². The Bertz CT molecular complexity index is 1150. The zero-order chi connectivity index (χ0) is 19.7. The predicted molar refractivity (Wildman–Crippen MR) is 109 cm³/mol. The minimum absolute atomic E-state index is 0.0928. The summed E-state index contributed by atoms with van der Waals surface area (Å²) in [4.78, 5) is 17.8. The first kappa shape index (κ1) is 17.7. The Balaban J connectivity index is 1.85. The lowest BCUT2D eigenvalue weighted by Gasteiger charge is -2.11. The molecule has 0 radical (unpaired) electrons. The van der Waals surface area contributed by atoms with Gasteiger partial charge in [-0.15, -0.1) is 0 Å². The van der Waals surface area contributed by atoms with Crippen LogP contribution in [0.1, 0.15) is 30.2 Å². The van der Waals surface area contributed by atoms with Crippen molar-refractivity contribution >= 4 is 22.6 Å². The first-order chi connectivity index (χ1) is 13.5. The summed E-state index contributed by atoms with van der Waals surface area (Å²) in [5, 5.41) is 17.6. The number of amides is 1. The fraction of sp³-hybridized carbons (Fsp3) is 0.136. The standard InChI is InChI=1S/C22H20N4O2/c1-14(2)26-21-19(13-23-26)18(12-20(25-21)15-7-4-3-5-8-15)22(28)24-16-9-6-10-17(27)11-16/h3-14,27H,1-2H3,(H,24,28). The molecule has 0 fully saturated rings. The van der Waals surface area contributed by atoms with E-state index in [1.165, 1.54) is 6.07 Å². The molecule has 4 aromatic rings. The lowest BCUT2D eigenvalue weighted by Crippen LogP contribution is -2.13. The smallest absolute Gasteiger partial charge is 0.256 e. The summed E-state index contributed by atoms with van der Waals surface area (Å²) in [6.45, 7) is 4.05. The maximum Gasteiger partial charge on any atom is 0.256 e. The van der Waals surface area contributed by atoms with Crippen molar-refractivity contribution in [3.05, 3.63) is 72.4 Å². The maximum absolute atomic E-state index is 13.0. The van der Waals surface area contributed by atoms with Crippen LogP contribution < -0.4 is 5.32 Å². The number of phenols is 1. The van der Waals surface area contributed by atoms with E-state index in [4.69, 9.17) is 4.98 Å². The van der Waals surface area contributed by atoms with Gasteiger partial charge in [0.25, 0.3) is 5.91 Å². The Labute approximate surface area is 162 Å². The van der Waals surface area contributed by atoms with Crippen molar-refractivity contribution in [2.24, 2.45) is 0 Å². The van der Waals surface area contributed by atoms with Gasteiger partial charge in [-0.05, 0) is 32.0 Å².